The monoisotopic (exact) mass is 278 g/mol. The molecule has 2 aromatic rings. The lowest BCUT2D eigenvalue weighted by Crippen LogP contribution is -2.29. The van der Waals surface area contributed by atoms with Crippen molar-refractivity contribution in [3.8, 4) is 6.07 Å². The van der Waals surface area contributed by atoms with Crippen molar-refractivity contribution in [1.29, 1.82) is 5.26 Å². The predicted octanol–water partition coefficient (Wildman–Crippen LogP) is 3.37. The third-order valence-corrected chi connectivity index (χ3v) is 3.39. The zero-order chi connectivity index (χ0) is 15.1. The van der Waals surface area contributed by atoms with Crippen LogP contribution in [0.25, 0.3) is 0 Å². The fourth-order valence-electron chi connectivity index (χ4n) is 2.23. The molecule has 0 radical (unpaired) electrons. The zero-order valence-corrected chi connectivity index (χ0v) is 12.0. The van der Waals surface area contributed by atoms with Crippen molar-refractivity contribution < 1.29 is 4.79 Å². The van der Waals surface area contributed by atoms with Crippen LogP contribution >= 0.6 is 0 Å². The third kappa shape index (κ3) is 4.19. The van der Waals surface area contributed by atoms with Crippen molar-refractivity contribution >= 4 is 5.91 Å². The fraction of sp³-hybridized carbons (Fsp3) is 0.222. The summed E-state index contributed by atoms with van der Waals surface area (Å²) in [6, 6.07) is 19.2. The molecular formula is C18H18N2O. The predicted molar refractivity (Wildman–Crippen MR) is 82.5 cm³/mol. The summed E-state index contributed by atoms with van der Waals surface area (Å²) in [7, 11) is 0. The van der Waals surface area contributed by atoms with Crippen molar-refractivity contribution in [3.05, 3.63) is 71.3 Å². The van der Waals surface area contributed by atoms with Gasteiger partial charge in [-0.1, -0.05) is 49.4 Å². The summed E-state index contributed by atoms with van der Waals surface area (Å²) >= 11 is 0. The highest BCUT2D eigenvalue weighted by Gasteiger charge is 2.12. The van der Waals surface area contributed by atoms with Crippen LogP contribution in [0, 0.1) is 11.3 Å². The summed E-state index contributed by atoms with van der Waals surface area (Å²) < 4.78 is 0. The molecule has 0 saturated heterocycles. The Kier molecular flexibility index (Phi) is 5.11. The van der Waals surface area contributed by atoms with Gasteiger partial charge < -0.3 is 5.32 Å². The molecule has 3 heteroatoms. The Morgan fingerprint density at radius 2 is 1.81 bits per heavy atom. The normalized spacial score (nSPS) is 11.4. The van der Waals surface area contributed by atoms with E-state index in [0.29, 0.717) is 12.0 Å². The van der Waals surface area contributed by atoms with Crippen molar-refractivity contribution in [2.75, 3.05) is 0 Å². The van der Waals surface area contributed by atoms with Gasteiger partial charge in [-0.2, -0.15) is 5.26 Å². The highest BCUT2D eigenvalue weighted by atomic mass is 16.1. The highest BCUT2D eigenvalue weighted by molar-refractivity contribution is 5.79. The number of nitrogens with one attached hydrogen (secondary N) is 1. The molecule has 0 bridgehead atoms. The third-order valence-electron chi connectivity index (χ3n) is 3.39. The molecule has 1 N–H and O–H groups in total. The standard InChI is InChI=1S/C18H18N2O/c1-2-17(16-6-4-3-5-7-16)20-18(21)12-14-8-10-15(13-19)11-9-14/h3-11,17H,2,12H2,1H3,(H,20,21). The minimum Gasteiger partial charge on any atom is -0.349 e. The summed E-state index contributed by atoms with van der Waals surface area (Å²) in [6.45, 7) is 2.06. The number of carbonyl (C=O) groups excluding carboxylic acids is 1. The van der Waals surface area contributed by atoms with E-state index in [4.69, 9.17) is 5.26 Å². The Morgan fingerprint density at radius 3 is 2.38 bits per heavy atom. The summed E-state index contributed by atoms with van der Waals surface area (Å²) in [4.78, 5) is 12.1. The molecule has 0 aliphatic heterocycles. The maximum absolute atomic E-state index is 12.1. The molecule has 106 valence electrons. The lowest BCUT2D eigenvalue weighted by molar-refractivity contribution is -0.121. The Morgan fingerprint density at radius 1 is 1.14 bits per heavy atom. The van der Waals surface area contributed by atoms with Crippen molar-refractivity contribution in [2.45, 2.75) is 25.8 Å². The second kappa shape index (κ2) is 7.25. The van der Waals surface area contributed by atoms with Crippen LogP contribution < -0.4 is 5.32 Å². The summed E-state index contributed by atoms with van der Waals surface area (Å²) in [5.41, 5.74) is 2.64. The maximum atomic E-state index is 12.1. The molecule has 0 spiro atoms. The maximum Gasteiger partial charge on any atom is 0.224 e. The van der Waals surface area contributed by atoms with E-state index in [1.165, 1.54) is 0 Å². The van der Waals surface area contributed by atoms with Gasteiger partial charge in [-0.15, -0.1) is 0 Å². The Balaban J connectivity index is 1.98. The Hall–Kier alpha value is -2.60. The lowest BCUT2D eigenvalue weighted by Gasteiger charge is -2.17. The van der Waals surface area contributed by atoms with Gasteiger partial charge in [0.1, 0.15) is 0 Å². The second-order valence-corrected chi connectivity index (χ2v) is 4.92. The Labute approximate surface area is 125 Å². The summed E-state index contributed by atoms with van der Waals surface area (Å²) in [5, 5.41) is 11.8. The van der Waals surface area contributed by atoms with Crippen molar-refractivity contribution in [3.63, 3.8) is 0 Å². The number of benzene rings is 2. The number of hydrogen-bond acceptors (Lipinski definition) is 2. The molecule has 1 unspecified atom stereocenters. The van der Waals surface area contributed by atoms with Gasteiger partial charge in [-0.05, 0) is 29.7 Å². The highest BCUT2D eigenvalue weighted by Crippen LogP contribution is 2.16. The molecule has 0 aliphatic carbocycles. The van der Waals surface area contributed by atoms with Crippen LogP contribution in [0.15, 0.2) is 54.6 Å². The molecule has 3 nitrogen and oxygen atoms in total. The molecule has 0 aromatic heterocycles. The van der Waals surface area contributed by atoms with Gasteiger partial charge in [0.05, 0.1) is 24.1 Å². The molecule has 1 amide bonds. The van der Waals surface area contributed by atoms with Crippen molar-refractivity contribution in [2.24, 2.45) is 0 Å². The van der Waals surface area contributed by atoms with E-state index in [9.17, 15) is 4.79 Å². The van der Waals surface area contributed by atoms with E-state index < -0.39 is 0 Å². The molecule has 0 aliphatic rings. The molecule has 2 aromatic carbocycles. The summed E-state index contributed by atoms with van der Waals surface area (Å²) in [6.07, 6.45) is 1.18. The van der Waals surface area contributed by atoms with E-state index in [1.807, 2.05) is 42.5 Å². The van der Waals surface area contributed by atoms with E-state index in [2.05, 4.69) is 18.3 Å². The molecule has 0 heterocycles. The first-order chi connectivity index (χ1) is 10.2. The van der Waals surface area contributed by atoms with E-state index in [0.717, 1.165) is 17.5 Å². The number of carbonyl (C=O) groups is 1. The average Bonchev–Trinajstić information content (AvgIpc) is 2.54. The second-order valence-electron chi connectivity index (χ2n) is 4.92. The summed E-state index contributed by atoms with van der Waals surface area (Å²) in [5.74, 6) is -0.00425. The van der Waals surface area contributed by atoms with E-state index in [-0.39, 0.29) is 11.9 Å². The fourth-order valence-corrected chi connectivity index (χ4v) is 2.23. The smallest absolute Gasteiger partial charge is 0.224 e. The van der Waals surface area contributed by atoms with Crippen molar-refractivity contribution in [1.82, 2.24) is 5.32 Å². The SMILES string of the molecule is CCC(NC(=O)Cc1ccc(C#N)cc1)c1ccccc1. The largest absolute Gasteiger partial charge is 0.349 e. The number of nitrogens with zero attached hydrogens (tertiary/aromatic N) is 1. The molecule has 0 saturated carbocycles. The minimum absolute atomic E-state index is 0.00425. The van der Waals surface area contributed by atoms with Crippen LogP contribution in [-0.4, -0.2) is 5.91 Å². The number of amides is 1. The zero-order valence-electron chi connectivity index (χ0n) is 12.0. The van der Waals surface area contributed by atoms with Crippen LogP contribution in [0.4, 0.5) is 0 Å². The first kappa shape index (κ1) is 14.8. The minimum atomic E-state index is -0.00425. The van der Waals surface area contributed by atoms with E-state index in [1.54, 1.807) is 12.1 Å². The van der Waals surface area contributed by atoms with Gasteiger partial charge in [0.25, 0.3) is 0 Å². The average molecular weight is 278 g/mol. The van der Waals surface area contributed by atoms with Crippen LogP contribution in [-0.2, 0) is 11.2 Å². The number of rotatable bonds is 5. The molecule has 1 atom stereocenters. The first-order valence-electron chi connectivity index (χ1n) is 7.06. The Bertz CT molecular complexity index is 627. The van der Waals surface area contributed by atoms with Gasteiger partial charge in [0, 0.05) is 0 Å². The van der Waals surface area contributed by atoms with Gasteiger partial charge in [0.15, 0.2) is 0 Å². The molecular weight excluding hydrogens is 260 g/mol. The van der Waals surface area contributed by atoms with Gasteiger partial charge >= 0.3 is 0 Å². The van der Waals surface area contributed by atoms with Crippen LogP contribution in [0.1, 0.15) is 36.1 Å². The number of hydrogen-bond donors (Lipinski definition) is 1. The molecule has 0 fully saturated rings. The van der Waals surface area contributed by atoms with Crippen LogP contribution in [0.2, 0.25) is 0 Å². The van der Waals surface area contributed by atoms with Gasteiger partial charge in [-0.25, -0.2) is 0 Å². The van der Waals surface area contributed by atoms with Gasteiger partial charge in [0.2, 0.25) is 5.91 Å². The number of nitriles is 1. The molecule has 2 rings (SSSR count). The topological polar surface area (TPSA) is 52.9 Å². The van der Waals surface area contributed by atoms with Crippen LogP contribution in [0.5, 0.6) is 0 Å². The quantitative estimate of drug-likeness (QED) is 0.911. The van der Waals surface area contributed by atoms with Crippen LogP contribution in [0.3, 0.4) is 0 Å². The lowest BCUT2D eigenvalue weighted by atomic mass is 10.0. The van der Waals surface area contributed by atoms with E-state index >= 15 is 0 Å². The molecule has 21 heavy (non-hydrogen) atoms. The first-order valence-corrected chi connectivity index (χ1v) is 7.06. The van der Waals surface area contributed by atoms with Gasteiger partial charge in [-0.3, -0.25) is 4.79 Å².